The summed E-state index contributed by atoms with van der Waals surface area (Å²) in [7, 11) is 0. The first-order chi connectivity index (χ1) is 7.34. The van der Waals surface area contributed by atoms with E-state index in [0.29, 0.717) is 12.0 Å². The molecule has 2 aliphatic rings. The van der Waals surface area contributed by atoms with Crippen LogP contribution < -0.4 is 5.32 Å². The highest BCUT2D eigenvalue weighted by Crippen LogP contribution is 2.28. The number of nitrogens with zero attached hydrogens (tertiary/aromatic N) is 2. The fourth-order valence-corrected chi connectivity index (χ4v) is 2.82. The summed E-state index contributed by atoms with van der Waals surface area (Å²) < 4.78 is 2.40. The van der Waals surface area contributed by atoms with Gasteiger partial charge < -0.3 is 9.88 Å². The number of aromatic nitrogens is 2. The molecule has 1 aromatic rings. The Hall–Kier alpha value is -0.830. The third-order valence-corrected chi connectivity index (χ3v) is 3.80. The van der Waals surface area contributed by atoms with Gasteiger partial charge in [-0.05, 0) is 32.7 Å². The van der Waals surface area contributed by atoms with E-state index in [4.69, 9.17) is 4.98 Å². The van der Waals surface area contributed by atoms with Crippen LogP contribution in [0.2, 0.25) is 0 Å². The summed E-state index contributed by atoms with van der Waals surface area (Å²) in [4.78, 5) is 4.81. The molecular weight excluding hydrogens is 186 g/mol. The summed E-state index contributed by atoms with van der Waals surface area (Å²) in [6, 6.07) is 0.657. The zero-order valence-electron chi connectivity index (χ0n) is 9.37. The van der Waals surface area contributed by atoms with E-state index in [1.165, 1.54) is 37.2 Å². The molecule has 0 spiro atoms. The molecule has 0 aliphatic carbocycles. The van der Waals surface area contributed by atoms with Crippen molar-refractivity contribution in [3.8, 4) is 0 Å². The van der Waals surface area contributed by atoms with Crippen molar-refractivity contribution in [1.29, 1.82) is 0 Å². The summed E-state index contributed by atoms with van der Waals surface area (Å²) in [6.45, 7) is 4.58. The molecule has 0 bridgehead atoms. The molecule has 0 aromatic carbocycles. The summed E-state index contributed by atoms with van der Waals surface area (Å²) in [5, 5.41) is 3.41. The van der Waals surface area contributed by atoms with Crippen molar-refractivity contribution in [3.63, 3.8) is 0 Å². The van der Waals surface area contributed by atoms with E-state index < -0.39 is 0 Å². The molecule has 0 saturated carbocycles. The molecule has 2 aliphatic heterocycles. The van der Waals surface area contributed by atoms with Gasteiger partial charge in [-0.2, -0.15) is 0 Å². The molecule has 82 valence electrons. The average Bonchev–Trinajstić information content (AvgIpc) is 2.86. The zero-order valence-corrected chi connectivity index (χ0v) is 9.37. The maximum atomic E-state index is 4.81. The van der Waals surface area contributed by atoms with Crippen LogP contribution in [-0.4, -0.2) is 22.6 Å². The Balaban J connectivity index is 1.90. The number of imidazole rings is 1. The number of nitrogens with one attached hydrogen (secondary N) is 1. The normalized spacial score (nSPS) is 30.5. The predicted octanol–water partition coefficient (Wildman–Crippen LogP) is 1.86. The Labute approximate surface area is 90.9 Å². The fourth-order valence-electron chi connectivity index (χ4n) is 2.82. The lowest BCUT2D eigenvalue weighted by Gasteiger charge is -2.20. The minimum Gasteiger partial charge on any atom is -0.332 e. The van der Waals surface area contributed by atoms with Gasteiger partial charge in [0.15, 0.2) is 0 Å². The SMILES string of the molecule is CC1CCCc2nc(C3CCNC3)cn21. The van der Waals surface area contributed by atoms with E-state index in [-0.39, 0.29) is 0 Å². The third kappa shape index (κ3) is 1.59. The average molecular weight is 205 g/mol. The van der Waals surface area contributed by atoms with E-state index in [1.807, 2.05) is 0 Å². The molecular formula is C12H19N3. The molecule has 0 radical (unpaired) electrons. The number of aryl methyl sites for hydroxylation is 1. The van der Waals surface area contributed by atoms with Crippen molar-refractivity contribution in [2.75, 3.05) is 13.1 Å². The van der Waals surface area contributed by atoms with E-state index in [9.17, 15) is 0 Å². The lowest BCUT2D eigenvalue weighted by Crippen LogP contribution is -2.14. The van der Waals surface area contributed by atoms with Crippen molar-refractivity contribution < 1.29 is 0 Å². The molecule has 3 heterocycles. The fraction of sp³-hybridized carbons (Fsp3) is 0.750. The monoisotopic (exact) mass is 205 g/mol. The highest BCUT2D eigenvalue weighted by molar-refractivity contribution is 5.14. The summed E-state index contributed by atoms with van der Waals surface area (Å²) in [6.07, 6.45) is 7.35. The molecule has 15 heavy (non-hydrogen) atoms. The van der Waals surface area contributed by atoms with Crippen LogP contribution in [0, 0.1) is 0 Å². The first-order valence-electron chi connectivity index (χ1n) is 6.13. The third-order valence-electron chi connectivity index (χ3n) is 3.80. The minimum atomic E-state index is 0.657. The Morgan fingerprint density at radius 2 is 2.40 bits per heavy atom. The van der Waals surface area contributed by atoms with Gasteiger partial charge in [-0.3, -0.25) is 0 Å². The summed E-state index contributed by atoms with van der Waals surface area (Å²) >= 11 is 0. The van der Waals surface area contributed by atoms with Gasteiger partial charge in [0.25, 0.3) is 0 Å². The number of hydrogen-bond acceptors (Lipinski definition) is 2. The number of fused-ring (bicyclic) bond motifs is 1. The molecule has 3 rings (SSSR count). The number of rotatable bonds is 1. The summed E-state index contributed by atoms with van der Waals surface area (Å²) in [5.74, 6) is 1.98. The van der Waals surface area contributed by atoms with E-state index in [1.54, 1.807) is 0 Å². The minimum absolute atomic E-state index is 0.657. The lowest BCUT2D eigenvalue weighted by molar-refractivity contribution is 0.425. The molecule has 2 atom stereocenters. The van der Waals surface area contributed by atoms with Crippen molar-refractivity contribution >= 4 is 0 Å². The van der Waals surface area contributed by atoms with Crippen LogP contribution in [0.4, 0.5) is 0 Å². The summed E-state index contributed by atoms with van der Waals surface area (Å²) in [5.41, 5.74) is 1.32. The molecule has 1 fully saturated rings. The van der Waals surface area contributed by atoms with Crippen LogP contribution in [0.15, 0.2) is 6.20 Å². The molecule has 3 nitrogen and oxygen atoms in total. The largest absolute Gasteiger partial charge is 0.332 e. The predicted molar refractivity (Wildman–Crippen MR) is 60.1 cm³/mol. The Morgan fingerprint density at radius 3 is 3.13 bits per heavy atom. The van der Waals surface area contributed by atoms with Gasteiger partial charge >= 0.3 is 0 Å². The first-order valence-corrected chi connectivity index (χ1v) is 6.13. The van der Waals surface area contributed by atoms with Crippen molar-refractivity contribution in [3.05, 3.63) is 17.7 Å². The lowest BCUT2D eigenvalue weighted by atomic mass is 10.1. The van der Waals surface area contributed by atoms with Crippen molar-refractivity contribution in [1.82, 2.24) is 14.9 Å². The van der Waals surface area contributed by atoms with Crippen LogP contribution in [0.5, 0.6) is 0 Å². The smallest absolute Gasteiger partial charge is 0.109 e. The van der Waals surface area contributed by atoms with E-state index >= 15 is 0 Å². The maximum absolute atomic E-state index is 4.81. The quantitative estimate of drug-likeness (QED) is 0.758. The molecule has 1 saturated heterocycles. The van der Waals surface area contributed by atoms with Crippen molar-refractivity contribution in [2.45, 2.75) is 44.6 Å². The van der Waals surface area contributed by atoms with E-state index in [2.05, 4.69) is 23.0 Å². The van der Waals surface area contributed by atoms with Crippen LogP contribution in [-0.2, 0) is 6.42 Å². The van der Waals surface area contributed by atoms with Crippen LogP contribution in [0.25, 0.3) is 0 Å². The van der Waals surface area contributed by atoms with Gasteiger partial charge in [-0.25, -0.2) is 4.98 Å². The van der Waals surface area contributed by atoms with Crippen LogP contribution >= 0.6 is 0 Å². The number of hydrogen-bond donors (Lipinski definition) is 1. The van der Waals surface area contributed by atoms with Crippen LogP contribution in [0.3, 0.4) is 0 Å². The van der Waals surface area contributed by atoms with Crippen LogP contribution in [0.1, 0.15) is 49.7 Å². The van der Waals surface area contributed by atoms with E-state index in [0.717, 1.165) is 13.1 Å². The molecule has 1 aromatic heterocycles. The Bertz CT molecular complexity index is 350. The molecule has 2 unspecified atom stereocenters. The van der Waals surface area contributed by atoms with Gasteiger partial charge in [-0.1, -0.05) is 0 Å². The maximum Gasteiger partial charge on any atom is 0.109 e. The molecule has 1 N–H and O–H groups in total. The van der Waals surface area contributed by atoms with Gasteiger partial charge in [-0.15, -0.1) is 0 Å². The van der Waals surface area contributed by atoms with Gasteiger partial charge in [0.1, 0.15) is 5.82 Å². The second kappa shape index (κ2) is 3.63. The van der Waals surface area contributed by atoms with Gasteiger partial charge in [0.05, 0.1) is 5.69 Å². The molecule has 0 amide bonds. The first kappa shape index (κ1) is 9.40. The molecule has 3 heteroatoms. The highest BCUT2D eigenvalue weighted by atomic mass is 15.1. The van der Waals surface area contributed by atoms with Crippen molar-refractivity contribution in [2.24, 2.45) is 0 Å². The second-order valence-electron chi connectivity index (χ2n) is 4.92. The van der Waals surface area contributed by atoms with Gasteiger partial charge in [0, 0.05) is 31.1 Å². The van der Waals surface area contributed by atoms with Gasteiger partial charge in [0.2, 0.25) is 0 Å². The highest BCUT2D eigenvalue weighted by Gasteiger charge is 2.23. The zero-order chi connectivity index (χ0) is 10.3. The Kier molecular flexibility index (Phi) is 2.28. The topological polar surface area (TPSA) is 29.9 Å². The Morgan fingerprint density at radius 1 is 1.47 bits per heavy atom. The standard InChI is InChI=1S/C12H19N3/c1-9-3-2-4-12-14-11(8-15(9)12)10-5-6-13-7-10/h8-10,13H,2-7H2,1H3. The second-order valence-corrected chi connectivity index (χ2v) is 4.92.